The largest absolute Gasteiger partial charge is 0.396 e. The molecule has 1 atom stereocenters. The zero-order valence-electron chi connectivity index (χ0n) is 13.7. The quantitative estimate of drug-likeness (QED) is 0.654. The highest BCUT2D eigenvalue weighted by atomic mass is 79.9. The smallest absolute Gasteiger partial charge is 0.148 e. The van der Waals surface area contributed by atoms with Crippen LogP contribution in [0.5, 0.6) is 0 Å². The molecule has 2 rings (SSSR count). The van der Waals surface area contributed by atoms with Gasteiger partial charge in [-0.05, 0) is 27.6 Å². The second-order valence-corrected chi connectivity index (χ2v) is 5.50. The predicted octanol–water partition coefficient (Wildman–Crippen LogP) is 3.16. The Bertz CT molecular complexity index is 689. The van der Waals surface area contributed by atoms with Crippen molar-refractivity contribution >= 4 is 27.3 Å². The summed E-state index contributed by atoms with van der Waals surface area (Å²) in [5.74, 6) is -0.599. The second-order valence-electron chi connectivity index (χ2n) is 4.64. The number of ether oxygens (including phenoxy) is 1. The SMILES string of the molecule is [2H]C([2H])(OCc1ccccc1)C(O)CNc1cc(F)c(N)cc1Br. The van der Waals surface area contributed by atoms with Crippen LogP contribution >= 0.6 is 15.9 Å². The fraction of sp³-hybridized carbons (Fsp3) is 0.250. The Balaban J connectivity index is 1.93. The standard InChI is InChI=1S/C16H18BrFN2O2/c17-13-6-15(19)14(18)7-16(13)20-8-12(21)10-22-9-11-4-2-1-3-5-11/h1-7,12,20-21H,8-10,19H2/i10D2. The highest BCUT2D eigenvalue weighted by Crippen LogP contribution is 2.27. The van der Waals surface area contributed by atoms with E-state index in [0.29, 0.717) is 10.2 Å². The molecular formula is C16H18BrFN2O2. The fourth-order valence-corrected chi connectivity index (χ4v) is 2.24. The normalized spacial score (nSPS) is 14.1. The van der Waals surface area contributed by atoms with Gasteiger partial charge in [0.25, 0.3) is 0 Å². The second kappa shape index (κ2) is 8.12. The number of nitrogen functional groups attached to an aromatic ring is 1. The minimum Gasteiger partial charge on any atom is -0.396 e. The molecular weight excluding hydrogens is 351 g/mol. The summed E-state index contributed by atoms with van der Waals surface area (Å²) in [6, 6.07) is 11.7. The summed E-state index contributed by atoms with van der Waals surface area (Å²) in [5.41, 5.74) is 6.60. The monoisotopic (exact) mass is 370 g/mol. The van der Waals surface area contributed by atoms with Crippen LogP contribution in [0.1, 0.15) is 8.30 Å². The summed E-state index contributed by atoms with van der Waals surface area (Å²) in [7, 11) is 0. The van der Waals surface area contributed by atoms with E-state index in [1.54, 1.807) is 12.1 Å². The lowest BCUT2D eigenvalue weighted by atomic mass is 10.2. The van der Waals surface area contributed by atoms with E-state index in [-0.39, 0.29) is 18.8 Å². The molecule has 4 nitrogen and oxygen atoms in total. The van der Waals surface area contributed by atoms with Crippen molar-refractivity contribution in [2.45, 2.75) is 12.7 Å². The molecule has 6 heteroatoms. The van der Waals surface area contributed by atoms with Crippen molar-refractivity contribution in [2.75, 3.05) is 24.2 Å². The molecule has 0 saturated carbocycles. The molecule has 0 aromatic heterocycles. The van der Waals surface area contributed by atoms with Crippen molar-refractivity contribution < 1.29 is 17.0 Å². The van der Waals surface area contributed by atoms with E-state index in [1.165, 1.54) is 12.1 Å². The van der Waals surface area contributed by atoms with E-state index >= 15 is 0 Å². The first-order valence-electron chi connectivity index (χ1n) is 7.64. The third-order valence-electron chi connectivity index (χ3n) is 2.87. The van der Waals surface area contributed by atoms with Crippen molar-refractivity contribution in [1.82, 2.24) is 0 Å². The molecule has 0 amide bonds. The first-order valence-corrected chi connectivity index (χ1v) is 7.43. The number of rotatable bonds is 7. The van der Waals surface area contributed by atoms with E-state index in [1.807, 2.05) is 18.2 Å². The summed E-state index contributed by atoms with van der Waals surface area (Å²) < 4.78 is 34.8. The van der Waals surface area contributed by atoms with Crippen LogP contribution in [-0.2, 0) is 11.3 Å². The van der Waals surface area contributed by atoms with E-state index in [2.05, 4.69) is 21.2 Å². The van der Waals surface area contributed by atoms with Gasteiger partial charge in [-0.2, -0.15) is 0 Å². The lowest BCUT2D eigenvalue weighted by Crippen LogP contribution is -2.25. The van der Waals surface area contributed by atoms with E-state index in [4.69, 9.17) is 13.2 Å². The number of nitrogens with one attached hydrogen (secondary N) is 1. The average molecular weight is 371 g/mol. The van der Waals surface area contributed by atoms with Gasteiger partial charge in [0, 0.05) is 17.1 Å². The molecule has 0 radical (unpaired) electrons. The van der Waals surface area contributed by atoms with Crippen molar-refractivity contribution in [1.29, 1.82) is 0 Å². The van der Waals surface area contributed by atoms with Crippen molar-refractivity contribution in [3.8, 4) is 0 Å². The Morgan fingerprint density at radius 2 is 2.09 bits per heavy atom. The zero-order valence-corrected chi connectivity index (χ0v) is 13.3. The first-order chi connectivity index (χ1) is 11.3. The van der Waals surface area contributed by atoms with Crippen molar-refractivity contribution in [3.05, 3.63) is 58.3 Å². The Morgan fingerprint density at radius 3 is 2.82 bits per heavy atom. The van der Waals surface area contributed by atoms with Gasteiger partial charge < -0.3 is 20.9 Å². The van der Waals surface area contributed by atoms with Crippen molar-refractivity contribution in [3.63, 3.8) is 0 Å². The topological polar surface area (TPSA) is 67.5 Å². The van der Waals surface area contributed by atoms with Gasteiger partial charge in [-0.1, -0.05) is 30.3 Å². The third-order valence-corrected chi connectivity index (χ3v) is 3.53. The maximum atomic E-state index is 13.5. The molecule has 0 fully saturated rings. The van der Waals surface area contributed by atoms with Gasteiger partial charge in [0.2, 0.25) is 0 Å². The Kier molecular flexibility index (Phi) is 5.17. The van der Waals surface area contributed by atoms with Crippen LogP contribution in [0.2, 0.25) is 0 Å². The third kappa shape index (κ3) is 4.98. The van der Waals surface area contributed by atoms with E-state index < -0.39 is 18.5 Å². The zero-order chi connectivity index (χ0) is 17.7. The minimum absolute atomic E-state index is 0.00509. The van der Waals surface area contributed by atoms with Gasteiger partial charge in [-0.15, -0.1) is 0 Å². The van der Waals surface area contributed by atoms with Crippen LogP contribution < -0.4 is 11.1 Å². The van der Waals surface area contributed by atoms with Crippen LogP contribution in [0.25, 0.3) is 0 Å². The minimum atomic E-state index is -2.26. The van der Waals surface area contributed by atoms with Crippen LogP contribution in [-0.4, -0.2) is 24.3 Å². The Morgan fingerprint density at radius 1 is 1.36 bits per heavy atom. The highest BCUT2D eigenvalue weighted by molar-refractivity contribution is 9.10. The Hall–Kier alpha value is -1.63. The number of halogens is 2. The molecule has 0 saturated heterocycles. The lowest BCUT2D eigenvalue weighted by molar-refractivity contribution is 0.0348. The molecule has 118 valence electrons. The van der Waals surface area contributed by atoms with Gasteiger partial charge in [-0.3, -0.25) is 0 Å². The lowest BCUT2D eigenvalue weighted by Gasteiger charge is -2.15. The van der Waals surface area contributed by atoms with Crippen LogP contribution in [0.3, 0.4) is 0 Å². The molecule has 0 aliphatic heterocycles. The van der Waals surface area contributed by atoms with Crippen molar-refractivity contribution in [2.24, 2.45) is 0 Å². The Labute approximate surface area is 140 Å². The molecule has 0 aliphatic carbocycles. The number of nitrogens with two attached hydrogens (primary N) is 1. The average Bonchev–Trinajstić information content (AvgIpc) is 2.56. The molecule has 22 heavy (non-hydrogen) atoms. The number of benzene rings is 2. The first kappa shape index (κ1) is 14.0. The summed E-state index contributed by atoms with van der Waals surface area (Å²) in [6.45, 7) is -2.39. The summed E-state index contributed by atoms with van der Waals surface area (Å²) >= 11 is 3.23. The molecule has 0 bridgehead atoms. The summed E-state index contributed by atoms with van der Waals surface area (Å²) in [5, 5.41) is 12.8. The van der Waals surface area contributed by atoms with Gasteiger partial charge in [-0.25, -0.2) is 4.39 Å². The highest BCUT2D eigenvalue weighted by Gasteiger charge is 2.09. The summed E-state index contributed by atoms with van der Waals surface area (Å²) in [6.07, 6.45) is -1.45. The number of anilines is 2. The van der Waals surface area contributed by atoms with E-state index in [9.17, 15) is 9.50 Å². The predicted molar refractivity (Wildman–Crippen MR) is 89.1 cm³/mol. The number of hydrogen-bond acceptors (Lipinski definition) is 4. The van der Waals surface area contributed by atoms with Crippen LogP contribution in [0, 0.1) is 5.82 Å². The van der Waals surface area contributed by atoms with Gasteiger partial charge in [0.15, 0.2) is 0 Å². The van der Waals surface area contributed by atoms with E-state index in [0.717, 1.165) is 5.56 Å². The van der Waals surface area contributed by atoms with Gasteiger partial charge >= 0.3 is 0 Å². The van der Waals surface area contributed by atoms with Gasteiger partial charge in [0.05, 0.1) is 33.4 Å². The molecule has 2 aromatic rings. The summed E-state index contributed by atoms with van der Waals surface area (Å²) in [4.78, 5) is 0. The molecule has 1 unspecified atom stereocenters. The number of aliphatic hydroxyl groups excluding tert-OH is 1. The molecule has 4 N–H and O–H groups in total. The fourth-order valence-electron chi connectivity index (χ4n) is 1.74. The van der Waals surface area contributed by atoms with Crippen LogP contribution in [0.4, 0.5) is 15.8 Å². The number of aliphatic hydroxyl groups is 1. The maximum Gasteiger partial charge on any atom is 0.148 e. The number of hydrogen-bond donors (Lipinski definition) is 3. The molecule has 0 heterocycles. The molecule has 0 aliphatic rings. The van der Waals surface area contributed by atoms with Crippen LogP contribution in [0.15, 0.2) is 46.9 Å². The van der Waals surface area contributed by atoms with Gasteiger partial charge in [0.1, 0.15) is 5.82 Å². The molecule has 0 spiro atoms. The molecule has 2 aromatic carbocycles. The maximum absolute atomic E-state index is 13.5.